The molecule has 3 aromatic rings. The number of nitrogens with one attached hydrogen (secondary N) is 1. The van der Waals surface area contributed by atoms with Gasteiger partial charge < -0.3 is 14.9 Å². The second-order valence-electron chi connectivity index (χ2n) is 6.32. The molecule has 1 aromatic carbocycles. The molecule has 0 fully saturated rings. The van der Waals surface area contributed by atoms with Crippen molar-refractivity contribution in [2.24, 2.45) is 0 Å². The van der Waals surface area contributed by atoms with Crippen molar-refractivity contribution >= 4 is 5.91 Å². The van der Waals surface area contributed by atoms with E-state index in [1.54, 1.807) is 16.9 Å². The zero-order valence-corrected chi connectivity index (χ0v) is 13.7. The van der Waals surface area contributed by atoms with Crippen molar-refractivity contribution in [3.63, 3.8) is 0 Å². The smallest absolute Gasteiger partial charge is 0.274 e. The Morgan fingerprint density at radius 2 is 2.28 bits per heavy atom. The minimum atomic E-state index is -0.639. The molecule has 2 atom stereocenters. The molecule has 2 N–H and O–H groups in total. The van der Waals surface area contributed by atoms with Gasteiger partial charge in [0.25, 0.3) is 5.91 Å². The van der Waals surface area contributed by atoms with Crippen molar-refractivity contribution in [2.75, 3.05) is 0 Å². The van der Waals surface area contributed by atoms with Gasteiger partial charge in [-0.15, -0.1) is 0 Å². The molecule has 0 radical (unpaired) electrons. The van der Waals surface area contributed by atoms with Crippen LogP contribution in [0.1, 0.15) is 39.0 Å². The molecule has 1 aliphatic rings. The molecule has 1 amide bonds. The number of benzene rings is 1. The topological polar surface area (TPSA) is 93.2 Å². The van der Waals surface area contributed by atoms with Gasteiger partial charge in [-0.3, -0.25) is 9.48 Å². The number of rotatable bonds is 4. The fourth-order valence-electron chi connectivity index (χ4n) is 3.17. The molecule has 2 aromatic heterocycles. The molecule has 7 nitrogen and oxygen atoms in total. The summed E-state index contributed by atoms with van der Waals surface area (Å²) in [5.41, 5.74) is 3.23. The fourth-order valence-corrected chi connectivity index (χ4v) is 3.17. The Bertz CT molecular complexity index is 914. The van der Waals surface area contributed by atoms with E-state index in [1.165, 1.54) is 0 Å². The van der Waals surface area contributed by atoms with Crippen molar-refractivity contribution in [3.8, 4) is 0 Å². The number of amides is 1. The van der Waals surface area contributed by atoms with Crippen LogP contribution in [-0.4, -0.2) is 32.1 Å². The van der Waals surface area contributed by atoms with E-state index >= 15 is 0 Å². The summed E-state index contributed by atoms with van der Waals surface area (Å²) in [5, 5.41) is 21.1. The number of aromatic nitrogens is 3. The summed E-state index contributed by atoms with van der Waals surface area (Å²) >= 11 is 0. The maximum Gasteiger partial charge on any atom is 0.274 e. The molecule has 0 spiro atoms. The van der Waals surface area contributed by atoms with Crippen LogP contribution in [0.15, 0.2) is 47.2 Å². The van der Waals surface area contributed by atoms with Crippen LogP contribution in [0.4, 0.5) is 0 Å². The van der Waals surface area contributed by atoms with Crippen LogP contribution in [0.5, 0.6) is 0 Å². The highest BCUT2D eigenvalue weighted by atomic mass is 16.5. The number of carbonyl (C=O) groups excluding carboxylic acids is 1. The van der Waals surface area contributed by atoms with Gasteiger partial charge >= 0.3 is 0 Å². The number of aliphatic hydroxyl groups is 1. The Hall–Kier alpha value is -2.93. The minimum absolute atomic E-state index is 0.190. The Balaban J connectivity index is 1.47. The first-order chi connectivity index (χ1) is 12.1. The SMILES string of the molecule is Cc1cnn(Cc2cc(C(=O)NC3c4ccccc4CC3O)no2)c1. The highest BCUT2D eigenvalue weighted by molar-refractivity contribution is 5.92. The van der Waals surface area contributed by atoms with Crippen molar-refractivity contribution in [3.05, 3.63) is 70.9 Å². The van der Waals surface area contributed by atoms with Crippen LogP contribution in [0.25, 0.3) is 0 Å². The Morgan fingerprint density at radius 1 is 1.44 bits per heavy atom. The molecule has 2 heterocycles. The Morgan fingerprint density at radius 3 is 3.08 bits per heavy atom. The van der Waals surface area contributed by atoms with Crippen molar-refractivity contribution in [1.82, 2.24) is 20.3 Å². The van der Waals surface area contributed by atoms with E-state index in [-0.39, 0.29) is 11.6 Å². The maximum atomic E-state index is 12.5. The van der Waals surface area contributed by atoms with Crippen molar-refractivity contribution in [1.29, 1.82) is 0 Å². The van der Waals surface area contributed by atoms with Gasteiger partial charge in [-0.05, 0) is 23.6 Å². The lowest BCUT2D eigenvalue weighted by Crippen LogP contribution is -2.34. The fraction of sp³-hybridized carbons (Fsp3) is 0.278. The Kier molecular flexibility index (Phi) is 3.85. The van der Waals surface area contributed by atoms with Gasteiger partial charge in [0, 0.05) is 18.7 Å². The van der Waals surface area contributed by atoms with Gasteiger partial charge in [0.2, 0.25) is 0 Å². The zero-order valence-electron chi connectivity index (χ0n) is 13.7. The molecule has 128 valence electrons. The third kappa shape index (κ3) is 3.06. The first kappa shape index (κ1) is 15.6. The average molecular weight is 338 g/mol. The van der Waals surface area contributed by atoms with E-state index in [4.69, 9.17) is 4.52 Å². The van der Waals surface area contributed by atoms with E-state index < -0.39 is 12.1 Å². The zero-order chi connectivity index (χ0) is 17.4. The van der Waals surface area contributed by atoms with Crippen LogP contribution >= 0.6 is 0 Å². The van der Waals surface area contributed by atoms with E-state index in [0.717, 1.165) is 16.7 Å². The number of carbonyl (C=O) groups is 1. The number of aliphatic hydroxyl groups excluding tert-OH is 1. The molecule has 0 bridgehead atoms. The average Bonchev–Trinajstić information content (AvgIpc) is 3.29. The van der Waals surface area contributed by atoms with Gasteiger partial charge in [0.1, 0.15) is 6.54 Å². The Labute approximate surface area is 144 Å². The molecular formula is C18H18N4O3. The van der Waals surface area contributed by atoms with Crippen LogP contribution in [0, 0.1) is 6.92 Å². The predicted octanol–water partition coefficient (Wildman–Crippen LogP) is 1.62. The van der Waals surface area contributed by atoms with E-state index in [0.29, 0.717) is 18.7 Å². The van der Waals surface area contributed by atoms with Gasteiger partial charge in [-0.2, -0.15) is 5.10 Å². The molecule has 2 unspecified atom stereocenters. The molecule has 4 rings (SSSR count). The van der Waals surface area contributed by atoms with Crippen LogP contribution in [-0.2, 0) is 13.0 Å². The molecule has 1 aliphatic carbocycles. The quantitative estimate of drug-likeness (QED) is 0.754. The summed E-state index contributed by atoms with van der Waals surface area (Å²) in [4.78, 5) is 12.5. The number of hydrogen-bond donors (Lipinski definition) is 2. The molecule has 0 aliphatic heterocycles. The standard InChI is InChI=1S/C18H18N4O3/c1-11-8-19-22(9-11)10-13-7-15(21-25-13)18(24)20-17-14-5-3-2-4-12(14)6-16(17)23/h2-5,7-9,16-17,23H,6,10H2,1H3,(H,20,24). The second kappa shape index (κ2) is 6.18. The van der Waals surface area contributed by atoms with Gasteiger partial charge in [-0.25, -0.2) is 0 Å². The van der Waals surface area contributed by atoms with Gasteiger partial charge in [0.05, 0.1) is 18.3 Å². The van der Waals surface area contributed by atoms with Crippen LogP contribution in [0.3, 0.4) is 0 Å². The second-order valence-corrected chi connectivity index (χ2v) is 6.32. The van der Waals surface area contributed by atoms with Crippen molar-refractivity contribution in [2.45, 2.75) is 32.0 Å². The van der Waals surface area contributed by atoms with Crippen LogP contribution in [0.2, 0.25) is 0 Å². The first-order valence-corrected chi connectivity index (χ1v) is 8.11. The highest BCUT2D eigenvalue weighted by Gasteiger charge is 2.32. The lowest BCUT2D eigenvalue weighted by atomic mass is 10.1. The summed E-state index contributed by atoms with van der Waals surface area (Å²) in [6.45, 7) is 2.36. The summed E-state index contributed by atoms with van der Waals surface area (Å²) in [7, 11) is 0. The van der Waals surface area contributed by atoms with E-state index in [1.807, 2.05) is 37.4 Å². The molecule has 25 heavy (non-hydrogen) atoms. The summed E-state index contributed by atoms with van der Waals surface area (Å²) < 4.78 is 6.94. The molecule has 0 saturated carbocycles. The van der Waals surface area contributed by atoms with E-state index in [9.17, 15) is 9.90 Å². The summed E-state index contributed by atoms with van der Waals surface area (Å²) in [6, 6.07) is 8.88. The normalized spacial score (nSPS) is 19.0. The lowest BCUT2D eigenvalue weighted by Gasteiger charge is -2.16. The first-order valence-electron chi connectivity index (χ1n) is 8.11. The largest absolute Gasteiger partial charge is 0.390 e. The van der Waals surface area contributed by atoms with Crippen molar-refractivity contribution < 1.29 is 14.4 Å². The number of fused-ring (bicyclic) bond motifs is 1. The number of hydrogen-bond acceptors (Lipinski definition) is 5. The van der Waals surface area contributed by atoms with Gasteiger partial charge in [0.15, 0.2) is 11.5 Å². The summed E-state index contributed by atoms with van der Waals surface area (Å²) in [6.07, 6.45) is 3.53. The van der Waals surface area contributed by atoms with E-state index in [2.05, 4.69) is 15.6 Å². The maximum absolute atomic E-state index is 12.5. The van der Waals surface area contributed by atoms with Gasteiger partial charge in [-0.1, -0.05) is 29.4 Å². The number of nitrogens with zero attached hydrogens (tertiary/aromatic N) is 3. The molecule has 7 heteroatoms. The third-order valence-electron chi connectivity index (χ3n) is 4.36. The highest BCUT2D eigenvalue weighted by Crippen LogP contribution is 2.31. The number of aryl methyl sites for hydroxylation is 1. The predicted molar refractivity (Wildman–Crippen MR) is 88.9 cm³/mol. The third-order valence-corrected chi connectivity index (χ3v) is 4.36. The minimum Gasteiger partial charge on any atom is -0.390 e. The molecule has 0 saturated heterocycles. The van der Waals surface area contributed by atoms with Crippen LogP contribution < -0.4 is 5.32 Å². The summed E-state index contributed by atoms with van der Waals surface area (Å²) in [5.74, 6) is 0.174. The lowest BCUT2D eigenvalue weighted by molar-refractivity contribution is 0.0849. The monoisotopic (exact) mass is 338 g/mol. The molecular weight excluding hydrogens is 320 g/mol.